The Morgan fingerprint density at radius 3 is 2.56 bits per heavy atom. The number of morpholine rings is 1. The highest BCUT2D eigenvalue weighted by molar-refractivity contribution is 5.95. The summed E-state index contributed by atoms with van der Waals surface area (Å²) in [5.41, 5.74) is 3.20. The molecule has 2 saturated heterocycles. The van der Waals surface area contributed by atoms with Gasteiger partial charge in [0.05, 0.1) is 32.0 Å². The maximum Gasteiger partial charge on any atom is 0.303 e. The molecule has 2 aromatic rings. The maximum absolute atomic E-state index is 12.4. The van der Waals surface area contributed by atoms with Gasteiger partial charge in [-0.25, -0.2) is 0 Å². The average Bonchev–Trinajstić information content (AvgIpc) is 2.89. The van der Waals surface area contributed by atoms with Crippen LogP contribution in [0, 0.1) is 0 Å². The number of aliphatic hydroxyl groups is 1. The molecule has 2 heterocycles. The second kappa shape index (κ2) is 12.4. The Kier molecular flexibility index (Phi) is 9.06. The fraction of sp³-hybridized carbons (Fsp3) is 0.481. The van der Waals surface area contributed by atoms with Crippen LogP contribution in [-0.2, 0) is 35.1 Å². The quantitative estimate of drug-likeness (QED) is 0.535. The standard InChI is InChI=1S/C27H34N2O7/c1-18(34-19(2)31)26(32)28-23-5-3-4-22(14-23)27-35-24(16-29-10-12-33-13-11-29)15-25(36-27)21-8-6-20(17-30)7-9-21/h3-9,14,18,24-25,27,30H,10-13,15-17H2,1-2H3,(H,28,32)/t18-,24-,25+,27+/m0/s1. The lowest BCUT2D eigenvalue weighted by Crippen LogP contribution is -2.44. The van der Waals surface area contributed by atoms with Crippen LogP contribution in [0.1, 0.15) is 49.4 Å². The summed E-state index contributed by atoms with van der Waals surface area (Å²) in [6.45, 7) is 6.71. The zero-order valence-corrected chi connectivity index (χ0v) is 20.7. The van der Waals surface area contributed by atoms with Gasteiger partial charge in [-0.2, -0.15) is 0 Å². The molecule has 0 radical (unpaired) electrons. The predicted molar refractivity (Wildman–Crippen MR) is 132 cm³/mol. The molecule has 0 saturated carbocycles. The van der Waals surface area contributed by atoms with Crippen molar-refractivity contribution in [1.29, 1.82) is 0 Å². The molecule has 2 fully saturated rings. The number of rotatable bonds is 8. The number of nitrogens with zero attached hydrogens (tertiary/aromatic N) is 1. The van der Waals surface area contributed by atoms with E-state index in [4.69, 9.17) is 18.9 Å². The number of ether oxygens (including phenoxy) is 4. The summed E-state index contributed by atoms with van der Waals surface area (Å²) in [5, 5.41) is 12.2. The summed E-state index contributed by atoms with van der Waals surface area (Å²) in [4.78, 5) is 25.9. The number of aliphatic hydroxyl groups excluding tert-OH is 1. The third-order valence-corrected chi connectivity index (χ3v) is 6.32. The van der Waals surface area contributed by atoms with Crippen molar-refractivity contribution < 1.29 is 33.6 Å². The van der Waals surface area contributed by atoms with E-state index in [1.807, 2.05) is 42.5 Å². The van der Waals surface area contributed by atoms with Crippen LogP contribution in [0.4, 0.5) is 5.69 Å². The van der Waals surface area contributed by atoms with Crippen molar-refractivity contribution in [2.24, 2.45) is 0 Å². The summed E-state index contributed by atoms with van der Waals surface area (Å²) >= 11 is 0. The summed E-state index contributed by atoms with van der Waals surface area (Å²) in [7, 11) is 0. The van der Waals surface area contributed by atoms with Crippen molar-refractivity contribution in [2.75, 3.05) is 38.2 Å². The van der Waals surface area contributed by atoms with Crippen LogP contribution >= 0.6 is 0 Å². The first-order valence-corrected chi connectivity index (χ1v) is 12.3. The smallest absolute Gasteiger partial charge is 0.303 e. The number of anilines is 1. The van der Waals surface area contributed by atoms with Crippen molar-refractivity contribution in [3.05, 3.63) is 65.2 Å². The van der Waals surface area contributed by atoms with Crippen molar-refractivity contribution in [1.82, 2.24) is 4.90 Å². The largest absolute Gasteiger partial charge is 0.453 e. The monoisotopic (exact) mass is 498 g/mol. The molecule has 2 aliphatic heterocycles. The third-order valence-electron chi connectivity index (χ3n) is 6.32. The Hall–Kier alpha value is -2.82. The molecular formula is C27H34N2O7. The molecular weight excluding hydrogens is 464 g/mol. The van der Waals surface area contributed by atoms with Crippen LogP contribution in [0.25, 0.3) is 0 Å². The molecule has 0 bridgehead atoms. The summed E-state index contributed by atoms with van der Waals surface area (Å²) < 4.78 is 23.3. The number of hydrogen-bond donors (Lipinski definition) is 2. The lowest BCUT2D eigenvalue weighted by molar-refractivity contribution is -0.253. The first kappa shape index (κ1) is 26.2. The fourth-order valence-corrected chi connectivity index (χ4v) is 4.41. The van der Waals surface area contributed by atoms with Crippen LogP contribution < -0.4 is 5.32 Å². The van der Waals surface area contributed by atoms with Gasteiger partial charge in [-0.15, -0.1) is 0 Å². The molecule has 194 valence electrons. The average molecular weight is 499 g/mol. The van der Waals surface area contributed by atoms with Crippen molar-refractivity contribution in [3.63, 3.8) is 0 Å². The molecule has 0 aliphatic carbocycles. The van der Waals surface area contributed by atoms with Gasteiger partial charge in [0, 0.05) is 44.2 Å². The molecule has 9 nitrogen and oxygen atoms in total. The van der Waals surface area contributed by atoms with E-state index >= 15 is 0 Å². The Balaban J connectivity index is 1.51. The van der Waals surface area contributed by atoms with Crippen molar-refractivity contribution in [3.8, 4) is 0 Å². The summed E-state index contributed by atoms with van der Waals surface area (Å²) in [6, 6.07) is 15.1. The lowest BCUT2D eigenvalue weighted by Gasteiger charge is -2.39. The van der Waals surface area contributed by atoms with Gasteiger partial charge >= 0.3 is 5.97 Å². The van der Waals surface area contributed by atoms with Crippen LogP contribution in [0.15, 0.2) is 48.5 Å². The van der Waals surface area contributed by atoms with E-state index in [0.29, 0.717) is 25.3 Å². The third kappa shape index (κ3) is 7.11. The second-order valence-corrected chi connectivity index (χ2v) is 9.13. The van der Waals surface area contributed by atoms with Gasteiger partial charge in [-0.3, -0.25) is 14.5 Å². The van der Waals surface area contributed by atoms with Gasteiger partial charge in [-0.05, 0) is 30.2 Å². The van der Waals surface area contributed by atoms with Crippen molar-refractivity contribution in [2.45, 2.75) is 51.5 Å². The van der Waals surface area contributed by atoms with Gasteiger partial charge < -0.3 is 29.4 Å². The zero-order valence-electron chi connectivity index (χ0n) is 20.7. The van der Waals surface area contributed by atoms with E-state index < -0.39 is 24.3 Å². The molecule has 1 amide bonds. The lowest BCUT2D eigenvalue weighted by atomic mass is 9.99. The zero-order chi connectivity index (χ0) is 25.5. The minimum Gasteiger partial charge on any atom is -0.453 e. The number of benzene rings is 2. The number of hydrogen-bond acceptors (Lipinski definition) is 8. The van der Waals surface area contributed by atoms with Crippen LogP contribution in [-0.4, -0.2) is 66.9 Å². The normalized spacial score (nSPS) is 23.6. The Labute approximate surface area is 211 Å². The number of esters is 1. The van der Waals surface area contributed by atoms with Gasteiger partial charge in [-0.1, -0.05) is 36.4 Å². The van der Waals surface area contributed by atoms with E-state index in [-0.39, 0.29) is 18.8 Å². The van der Waals surface area contributed by atoms with Crippen molar-refractivity contribution >= 4 is 17.6 Å². The predicted octanol–water partition coefficient (Wildman–Crippen LogP) is 2.95. The van der Waals surface area contributed by atoms with Gasteiger partial charge in [0.2, 0.25) is 0 Å². The summed E-state index contributed by atoms with van der Waals surface area (Å²) in [6.07, 6.45) is -1.09. The van der Waals surface area contributed by atoms with Crippen LogP contribution in [0.3, 0.4) is 0 Å². The molecule has 9 heteroatoms. The SMILES string of the molecule is CC(=O)O[C@@H](C)C(=O)Nc1cccc([C@@H]2O[C@H](CN3CCOCC3)C[C@H](c3ccc(CO)cc3)O2)c1. The van der Waals surface area contributed by atoms with E-state index in [1.54, 1.807) is 6.07 Å². The Morgan fingerprint density at radius 1 is 1.11 bits per heavy atom. The van der Waals surface area contributed by atoms with Gasteiger partial charge in [0.15, 0.2) is 12.4 Å². The fourth-order valence-electron chi connectivity index (χ4n) is 4.41. The minimum atomic E-state index is -0.905. The number of amides is 1. The Morgan fingerprint density at radius 2 is 1.86 bits per heavy atom. The first-order chi connectivity index (χ1) is 17.4. The van der Waals surface area contributed by atoms with Gasteiger partial charge in [0.25, 0.3) is 5.91 Å². The molecule has 0 spiro atoms. The van der Waals surface area contributed by atoms with E-state index in [0.717, 1.165) is 36.3 Å². The molecule has 36 heavy (non-hydrogen) atoms. The number of nitrogens with one attached hydrogen (secondary N) is 1. The first-order valence-electron chi connectivity index (χ1n) is 12.3. The molecule has 2 N–H and O–H groups in total. The highest BCUT2D eigenvalue weighted by Gasteiger charge is 2.33. The molecule has 4 atom stereocenters. The minimum absolute atomic E-state index is 0.00815. The highest BCUT2D eigenvalue weighted by atomic mass is 16.7. The van der Waals surface area contributed by atoms with Crippen LogP contribution in [0.2, 0.25) is 0 Å². The molecule has 0 aromatic heterocycles. The number of carbonyl (C=O) groups is 2. The molecule has 4 rings (SSSR count). The van der Waals surface area contributed by atoms with Gasteiger partial charge in [0.1, 0.15) is 0 Å². The van der Waals surface area contributed by atoms with E-state index in [2.05, 4.69) is 10.2 Å². The molecule has 0 unspecified atom stereocenters. The maximum atomic E-state index is 12.4. The van der Waals surface area contributed by atoms with E-state index in [9.17, 15) is 14.7 Å². The second-order valence-electron chi connectivity index (χ2n) is 9.13. The number of carbonyl (C=O) groups excluding carboxylic acids is 2. The molecule has 2 aliphatic rings. The van der Waals surface area contributed by atoms with E-state index in [1.165, 1.54) is 13.8 Å². The van der Waals surface area contributed by atoms with Crippen LogP contribution in [0.5, 0.6) is 0 Å². The summed E-state index contributed by atoms with van der Waals surface area (Å²) in [5.74, 6) is -0.931. The molecule has 2 aromatic carbocycles. The Bertz CT molecular complexity index is 1020. The highest BCUT2D eigenvalue weighted by Crippen LogP contribution is 2.38. The topological polar surface area (TPSA) is 107 Å².